The summed E-state index contributed by atoms with van der Waals surface area (Å²) >= 11 is 6.28. The molecule has 0 amide bonds. The van der Waals surface area contributed by atoms with Crippen LogP contribution in [0.4, 0.5) is 13.2 Å². The molecular weight excluding hydrogens is 489 g/mol. The Labute approximate surface area is 230 Å². The Morgan fingerprint density at radius 3 is 1.65 bits per heavy atom. The molecule has 0 unspecified atom stereocenters. The molecule has 37 heavy (non-hydrogen) atoms. The standard InChI is InChI=1S/C33H52ClF3/c1-2-3-4-5-6-7-8-9-10-11-12-13-14-26-15-17-27(18-16-26)28-19-21-29(22-20-28)31-24-23-30(25-32(31)34)33(35,36)37/h23-29H,2-22H2,1H3. The third-order valence-electron chi connectivity index (χ3n) is 9.56. The van der Waals surface area contributed by atoms with Crippen LogP contribution < -0.4 is 0 Å². The normalized spacial score (nSPS) is 24.9. The van der Waals surface area contributed by atoms with Crippen molar-refractivity contribution in [3.8, 4) is 0 Å². The highest BCUT2D eigenvalue weighted by Crippen LogP contribution is 2.46. The molecule has 0 saturated heterocycles. The molecule has 0 atom stereocenters. The van der Waals surface area contributed by atoms with Gasteiger partial charge >= 0.3 is 6.18 Å². The zero-order valence-electron chi connectivity index (χ0n) is 23.4. The summed E-state index contributed by atoms with van der Waals surface area (Å²) in [6, 6.07) is 3.93. The summed E-state index contributed by atoms with van der Waals surface area (Å²) in [6.45, 7) is 2.28. The molecule has 0 N–H and O–H groups in total. The zero-order valence-corrected chi connectivity index (χ0v) is 24.2. The minimum Gasteiger partial charge on any atom is -0.166 e. The molecular formula is C33H52ClF3. The van der Waals surface area contributed by atoms with Gasteiger partial charge < -0.3 is 0 Å². The van der Waals surface area contributed by atoms with Gasteiger partial charge in [-0.05, 0) is 79.9 Å². The van der Waals surface area contributed by atoms with E-state index in [-0.39, 0.29) is 5.02 Å². The van der Waals surface area contributed by atoms with Gasteiger partial charge in [0, 0.05) is 5.02 Å². The predicted molar refractivity (Wildman–Crippen MR) is 152 cm³/mol. The molecule has 1 aromatic carbocycles. The molecule has 2 aliphatic carbocycles. The lowest BCUT2D eigenvalue weighted by Crippen LogP contribution is -2.25. The van der Waals surface area contributed by atoms with Crippen LogP contribution in [0.5, 0.6) is 0 Å². The van der Waals surface area contributed by atoms with Crippen LogP contribution >= 0.6 is 11.6 Å². The lowest BCUT2D eigenvalue weighted by Gasteiger charge is -2.38. The molecule has 2 fully saturated rings. The Kier molecular flexibility index (Phi) is 13.7. The van der Waals surface area contributed by atoms with Crippen molar-refractivity contribution in [2.24, 2.45) is 17.8 Å². The Bertz CT molecular complexity index is 742. The quantitative estimate of drug-likeness (QED) is 0.194. The maximum absolute atomic E-state index is 13.0. The third kappa shape index (κ3) is 10.8. The average molecular weight is 541 g/mol. The number of halogens is 4. The molecule has 0 bridgehead atoms. The molecule has 0 nitrogen and oxygen atoms in total. The highest BCUT2D eigenvalue weighted by atomic mass is 35.5. The summed E-state index contributed by atoms with van der Waals surface area (Å²) in [4.78, 5) is 0. The lowest BCUT2D eigenvalue weighted by atomic mass is 9.68. The summed E-state index contributed by atoms with van der Waals surface area (Å²) in [5.41, 5.74) is 0.273. The van der Waals surface area contributed by atoms with E-state index in [1.165, 1.54) is 128 Å². The second-order valence-corrected chi connectivity index (χ2v) is 12.7. The highest BCUT2D eigenvalue weighted by molar-refractivity contribution is 6.31. The maximum atomic E-state index is 13.0. The molecule has 2 aliphatic rings. The highest BCUT2D eigenvalue weighted by Gasteiger charge is 2.34. The molecule has 0 spiro atoms. The summed E-state index contributed by atoms with van der Waals surface area (Å²) in [7, 11) is 0. The van der Waals surface area contributed by atoms with Crippen molar-refractivity contribution < 1.29 is 13.2 Å². The molecule has 212 valence electrons. The first kappa shape index (κ1) is 30.8. The topological polar surface area (TPSA) is 0 Å². The van der Waals surface area contributed by atoms with E-state index in [2.05, 4.69) is 6.92 Å². The van der Waals surface area contributed by atoms with Crippen LogP contribution in [0, 0.1) is 17.8 Å². The molecule has 0 heterocycles. The summed E-state index contributed by atoms with van der Waals surface area (Å²) in [5.74, 6) is 2.93. The zero-order chi connectivity index (χ0) is 26.5. The van der Waals surface area contributed by atoms with Crippen molar-refractivity contribution in [1.29, 1.82) is 0 Å². The Hall–Kier alpha value is -0.700. The van der Waals surface area contributed by atoms with E-state index in [0.717, 1.165) is 42.2 Å². The van der Waals surface area contributed by atoms with Crippen molar-refractivity contribution in [3.63, 3.8) is 0 Å². The first-order valence-corrected chi connectivity index (χ1v) is 16.1. The van der Waals surface area contributed by atoms with Crippen LogP contribution in [0.15, 0.2) is 18.2 Å². The van der Waals surface area contributed by atoms with E-state index in [0.29, 0.717) is 5.92 Å². The van der Waals surface area contributed by atoms with Gasteiger partial charge in [0.2, 0.25) is 0 Å². The Morgan fingerprint density at radius 1 is 0.676 bits per heavy atom. The van der Waals surface area contributed by atoms with Crippen molar-refractivity contribution in [2.75, 3.05) is 0 Å². The van der Waals surface area contributed by atoms with Crippen molar-refractivity contribution in [3.05, 3.63) is 34.3 Å². The SMILES string of the molecule is CCCCCCCCCCCCCCC1CCC(C2CCC(c3ccc(C(F)(F)F)cc3Cl)CC2)CC1. The summed E-state index contributed by atoms with van der Waals surface area (Å²) in [5, 5.41) is 0.289. The first-order chi connectivity index (χ1) is 17.9. The number of unbranched alkanes of at least 4 members (excludes halogenated alkanes) is 11. The Balaban J connectivity index is 1.22. The molecule has 3 rings (SSSR count). The van der Waals surface area contributed by atoms with E-state index in [9.17, 15) is 13.2 Å². The predicted octanol–water partition coefficient (Wildman–Crippen LogP) is 12.5. The van der Waals surface area contributed by atoms with Crippen LogP contribution in [0.1, 0.15) is 159 Å². The average Bonchev–Trinajstić information content (AvgIpc) is 2.89. The van der Waals surface area contributed by atoms with Crippen molar-refractivity contribution >= 4 is 11.6 Å². The maximum Gasteiger partial charge on any atom is 0.416 e. The van der Waals surface area contributed by atoms with E-state index < -0.39 is 11.7 Å². The van der Waals surface area contributed by atoms with Crippen LogP contribution in [0.2, 0.25) is 5.02 Å². The van der Waals surface area contributed by atoms with Gasteiger partial charge in [-0.25, -0.2) is 0 Å². The van der Waals surface area contributed by atoms with Gasteiger partial charge in [-0.1, -0.05) is 121 Å². The van der Waals surface area contributed by atoms with Crippen molar-refractivity contribution in [2.45, 2.75) is 154 Å². The van der Waals surface area contributed by atoms with Crippen LogP contribution in [0.25, 0.3) is 0 Å². The van der Waals surface area contributed by atoms with E-state index in [4.69, 9.17) is 11.6 Å². The molecule has 2 saturated carbocycles. The fourth-order valence-corrected chi connectivity index (χ4v) is 7.49. The third-order valence-corrected chi connectivity index (χ3v) is 9.89. The fourth-order valence-electron chi connectivity index (χ4n) is 7.16. The number of hydrogen-bond acceptors (Lipinski definition) is 0. The number of alkyl halides is 3. The Morgan fingerprint density at radius 2 is 1.16 bits per heavy atom. The van der Waals surface area contributed by atoms with Gasteiger partial charge in [-0.3, -0.25) is 0 Å². The minimum atomic E-state index is -4.33. The smallest absolute Gasteiger partial charge is 0.166 e. The van der Waals surface area contributed by atoms with Gasteiger partial charge in [0.15, 0.2) is 0 Å². The summed E-state index contributed by atoms with van der Waals surface area (Å²) in [6.07, 6.45) is 24.3. The monoisotopic (exact) mass is 540 g/mol. The number of rotatable bonds is 15. The fraction of sp³-hybridized carbons (Fsp3) is 0.818. The molecule has 1 aromatic rings. The molecule has 0 radical (unpaired) electrons. The van der Waals surface area contributed by atoms with E-state index >= 15 is 0 Å². The first-order valence-electron chi connectivity index (χ1n) is 15.7. The molecule has 0 aromatic heterocycles. The van der Waals surface area contributed by atoms with E-state index in [1.54, 1.807) is 6.07 Å². The van der Waals surface area contributed by atoms with Gasteiger partial charge in [-0.2, -0.15) is 13.2 Å². The van der Waals surface area contributed by atoms with Crippen molar-refractivity contribution in [1.82, 2.24) is 0 Å². The van der Waals surface area contributed by atoms with Gasteiger partial charge in [-0.15, -0.1) is 0 Å². The number of benzene rings is 1. The van der Waals surface area contributed by atoms with E-state index in [1.807, 2.05) is 0 Å². The second-order valence-electron chi connectivity index (χ2n) is 12.3. The van der Waals surface area contributed by atoms with Gasteiger partial charge in [0.25, 0.3) is 0 Å². The second kappa shape index (κ2) is 16.4. The van der Waals surface area contributed by atoms with Gasteiger partial charge in [0.1, 0.15) is 0 Å². The van der Waals surface area contributed by atoms with Crippen LogP contribution in [-0.2, 0) is 6.18 Å². The van der Waals surface area contributed by atoms with Crippen LogP contribution in [0.3, 0.4) is 0 Å². The number of hydrogen-bond donors (Lipinski definition) is 0. The largest absolute Gasteiger partial charge is 0.416 e. The minimum absolute atomic E-state index is 0.289. The lowest BCUT2D eigenvalue weighted by molar-refractivity contribution is -0.137. The van der Waals surface area contributed by atoms with Crippen LogP contribution in [-0.4, -0.2) is 0 Å². The van der Waals surface area contributed by atoms with Gasteiger partial charge in [0.05, 0.1) is 5.56 Å². The summed E-state index contributed by atoms with van der Waals surface area (Å²) < 4.78 is 38.9. The molecule has 4 heteroatoms. The molecule has 0 aliphatic heterocycles.